The van der Waals surface area contributed by atoms with Gasteiger partial charge in [0.15, 0.2) is 0 Å². The fourth-order valence-electron chi connectivity index (χ4n) is 3.89. The zero-order valence-electron chi connectivity index (χ0n) is 16.6. The van der Waals surface area contributed by atoms with E-state index in [0.717, 1.165) is 24.8 Å². The topological polar surface area (TPSA) is 88.1 Å². The normalized spacial score (nSPS) is 26.6. The second kappa shape index (κ2) is 10.2. The van der Waals surface area contributed by atoms with Gasteiger partial charge in [0.1, 0.15) is 11.0 Å². The molecule has 0 heterocycles. The van der Waals surface area contributed by atoms with Gasteiger partial charge in [-0.05, 0) is 57.9 Å². The lowest BCUT2D eigenvalue weighted by Crippen LogP contribution is -2.41. The first kappa shape index (κ1) is 22.6. The number of allylic oxidation sites excluding steroid dienone is 1. The van der Waals surface area contributed by atoms with Gasteiger partial charge >= 0.3 is 13.8 Å². The minimum atomic E-state index is -3.84. The lowest BCUT2D eigenvalue weighted by atomic mass is 9.81. The quantitative estimate of drug-likeness (QED) is 0.389. The van der Waals surface area contributed by atoms with Gasteiger partial charge in [-0.2, -0.15) is 0 Å². The molecule has 156 valence electrons. The molecule has 2 aliphatic carbocycles. The van der Waals surface area contributed by atoms with Crippen molar-refractivity contribution in [1.82, 2.24) is 0 Å². The fourth-order valence-corrected chi connectivity index (χ4v) is 6.63. The van der Waals surface area contributed by atoms with Crippen molar-refractivity contribution >= 4 is 24.6 Å². The molecule has 0 aromatic heterocycles. The highest BCUT2D eigenvalue weighted by Gasteiger charge is 2.48. The highest BCUT2D eigenvalue weighted by atomic mass is 32.2. The lowest BCUT2D eigenvalue weighted by molar-refractivity contribution is -0.148. The van der Waals surface area contributed by atoms with Crippen LogP contribution < -0.4 is 0 Å². The van der Waals surface area contributed by atoms with E-state index < -0.39 is 29.8 Å². The Morgan fingerprint density at radius 1 is 1.15 bits per heavy atom. The van der Waals surface area contributed by atoms with E-state index in [9.17, 15) is 13.6 Å². The Bertz CT molecular complexity index is 623. The number of hydrogen-bond donors (Lipinski definition) is 0. The molecule has 2 rings (SSSR count). The maximum atomic E-state index is 13.0. The molecule has 0 radical (unpaired) electrons. The van der Waals surface area contributed by atoms with E-state index in [4.69, 9.17) is 18.3 Å². The van der Waals surface area contributed by atoms with E-state index in [1.54, 1.807) is 27.7 Å². The SMILES string of the molecule is CCOC(=O)[C@H]1C[C@H]2CCCC2=C(OP(=O)(OCC)OCC)[C@H]1S(=O)CC. The first-order valence-electron chi connectivity index (χ1n) is 9.76. The molecule has 0 aromatic carbocycles. The predicted molar refractivity (Wildman–Crippen MR) is 104 cm³/mol. The van der Waals surface area contributed by atoms with Crippen LogP contribution in [0.25, 0.3) is 0 Å². The molecule has 9 heteroatoms. The molecule has 0 aliphatic heterocycles. The average Bonchev–Trinajstić information content (AvgIpc) is 3.10. The Morgan fingerprint density at radius 2 is 1.81 bits per heavy atom. The monoisotopic (exact) mass is 422 g/mol. The maximum absolute atomic E-state index is 13.0. The molecule has 27 heavy (non-hydrogen) atoms. The van der Waals surface area contributed by atoms with Gasteiger partial charge in [0.05, 0.1) is 25.7 Å². The number of hydrogen-bond acceptors (Lipinski definition) is 7. The van der Waals surface area contributed by atoms with Crippen LogP contribution in [0.1, 0.15) is 53.4 Å². The number of rotatable bonds is 10. The summed E-state index contributed by atoms with van der Waals surface area (Å²) in [6, 6.07) is 0. The number of esters is 1. The Labute approximate surface area is 164 Å². The fraction of sp³-hybridized carbons (Fsp3) is 0.833. The second-order valence-electron chi connectivity index (χ2n) is 6.54. The second-order valence-corrected chi connectivity index (χ2v) is 9.98. The van der Waals surface area contributed by atoms with E-state index in [1.165, 1.54) is 0 Å². The van der Waals surface area contributed by atoms with Crippen LogP contribution >= 0.6 is 7.82 Å². The van der Waals surface area contributed by atoms with Crippen LogP contribution in [0.15, 0.2) is 11.3 Å². The van der Waals surface area contributed by atoms with Gasteiger partial charge < -0.3 is 9.26 Å². The van der Waals surface area contributed by atoms with Crippen molar-refractivity contribution in [2.45, 2.75) is 58.6 Å². The Kier molecular flexibility index (Phi) is 8.53. The molecule has 0 N–H and O–H groups in total. The third-order valence-electron chi connectivity index (χ3n) is 4.91. The molecule has 4 atom stereocenters. The zero-order valence-corrected chi connectivity index (χ0v) is 18.3. The van der Waals surface area contributed by atoms with Crippen molar-refractivity contribution < 1.29 is 31.9 Å². The lowest BCUT2D eigenvalue weighted by Gasteiger charge is -2.36. The van der Waals surface area contributed by atoms with Gasteiger partial charge in [-0.1, -0.05) is 6.92 Å². The number of ether oxygens (including phenoxy) is 1. The van der Waals surface area contributed by atoms with Crippen LogP contribution in [0.2, 0.25) is 0 Å². The van der Waals surface area contributed by atoms with E-state index >= 15 is 0 Å². The molecular weight excluding hydrogens is 391 g/mol. The third kappa shape index (κ3) is 5.22. The molecule has 7 nitrogen and oxygen atoms in total. The van der Waals surface area contributed by atoms with Crippen molar-refractivity contribution in [3.05, 3.63) is 11.3 Å². The average molecular weight is 422 g/mol. The number of carbonyl (C=O) groups excluding carboxylic acids is 1. The summed E-state index contributed by atoms with van der Waals surface area (Å²) < 4.78 is 47.6. The smallest absolute Gasteiger partial charge is 0.466 e. The molecule has 1 unspecified atom stereocenters. The molecule has 0 bridgehead atoms. The first-order chi connectivity index (χ1) is 12.9. The summed E-state index contributed by atoms with van der Waals surface area (Å²) in [5, 5.41) is -0.687. The van der Waals surface area contributed by atoms with Gasteiger partial charge in [-0.25, -0.2) is 4.57 Å². The molecule has 1 fully saturated rings. The van der Waals surface area contributed by atoms with Gasteiger partial charge in [-0.15, -0.1) is 0 Å². The van der Waals surface area contributed by atoms with Crippen LogP contribution in [0.4, 0.5) is 0 Å². The van der Waals surface area contributed by atoms with Crippen molar-refractivity contribution in [2.24, 2.45) is 11.8 Å². The molecule has 2 aliphatic rings. The molecule has 1 saturated carbocycles. The van der Waals surface area contributed by atoms with Gasteiger partial charge in [0, 0.05) is 16.6 Å². The molecule has 0 saturated heterocycles. The molecule has 0 amide bonds. The van der Waals surface area contributed by atoms with Crippen LogP contribution in [-0.4, -0.2) is 41.0 Å². The summed E-state index contributed by atoms with van der Waals surface area (Å²) in [5.74, 6) is -0.0781. The van der Waals surface area contributed by atoms with E-state index in [-0.39, 0.29) is 31.7 Å². The maximum Gasteiger partial charge on any atom is 0.529 e. The van der Waals surface area contributed by atoms with Gasteiger partial charge in [-0.3, -0.25) is 18.1 Å². The summed E-state index contributed by atoms with van der Waals surface area (Å²) in [5.41, 5.74) is 1.00. The van der Waals surface area contributed by atoms with E-state index in [2.05, 4.69) is 0 Å². The summed E-state index contributed by atoms with van der Waals surface area (Å²) >= 11 is 0. The van der Waals surface area contributed by atoms with Crippen LogP contribution in [0.5, 0.6) is 0 Å². The number of carbonyl (C=O) groups is 1. The number of fused-ring (bicyclic) bond motifs is 1. The van der Waals surface area contributed by atoms with Crippen LogP contribution in [0.3, 0.4) is 0 Å². The third-order valence-corrected chi connectivity index (χ3v) is 8.16. The number of phosphoric ester groups is 1. The van der Waals surface area contributed by atoms with Gasteiger partial charge in [0.2, 0.25) is 0 Å². The number of phosphoric acid groups is 1. The van der Waals surface area contributed by atoms with E-state index in [0.29, 0.717) is 17.9 Å². The minimum absolute atomic E-state index is 0.149. The van der Waals surface area contributed by atoms with Crippen molar-refractivity contribution in [1.29, 1.82) is 0 Å². The standard InChI is InChI=1S/C18H31O7PS/c1-5-22-18(19)15-12-13-10-9-11-14(13)16(17(15)27(21)8-4)25-26(20,23-6-2)24-7-3/h13,15,17H,5-12H2,1-4H3/t13-,15+,17+,27?/m1/s1. The molecule has 0 aromatic rings. The van der Waals surface area contributed by atoms with Crippen molar-refractivity contribution in [3.63, 3.8) is 0 Å². The molecule has 0 spiro atoms. The summed E-state index contributed by atoms with van der Waals surface area (Å²) in [6.45, 7) is 7.53. The largest absolute Gasteiger partial charge is 0.529 e. The van der Waals surface area contributed by atoms with Crippen LogP contribution in [-0.2, 0) is 38.5 Å². The van der Waals surface area contributed by atoms with Crippen molar-refractivity contribution in [3.8, 4) is 0 Å². The Morgan fingerprint density at radius 3 is 2.37 bits per heavy atom. The summed E-state index contributed by atoms with van der Waals surface area (Å²) in [4.78, 5) is 12.6. The first-order valence-corrected chi connectivity index (χ1v) is 12.6. The van der Waals surface area contributed by atoms with Gasteiger partial charge in [0.25, 0.3) is 0 Å². The van der Waals surface area contributed by atoms with Crippen LogP contribution in [0, 0.1) is 11.8 Å². The van der Waals surface area contributed by atoms with E-state index in [1.807, 2.05) is 0 Å². The molecular formula is C18H31O7PS. The van der Waals surface area contributed by atoms with Crippen molar-refractivity contribution in [2.75, 3.05) is 25.6 Å². The zero-order chi connectivity index (χ0) is 20.0. The summed E-state index contributed by atoms with van der Waals surface area (Å²) in [7, 11) is -5.21. The summed E-state index contributed by atoms with van der Waals surface area (Å²) in [6.07, 6.45) is 3.26. The predicted octanol–water partition coefficient (Wildman–Crippen LogP) is 3.96. The Hall–Kier alpha value is -0.690. The Balaban J connectivity index is 2.47. The minimum Gasteiger partial charge on any atom is -0.466 e. The highest BCUT2D eigenvalue weighted by Crippen LogP contribution is 2.56. The highest BCUT2D eigenvalue weighted by molar-refractivity contribution is 7.85.